The molecule has 0 bridgehead atoms. The Bertz CT molecular complexity index is 3790. The zero-order valence-corrected chi connectivity index (χ0v) is 47.2. The van der Waals surface area contributed by atoms with E-state index in [1.807, 2.05) is 42.6 Å². The number of para-hydroxylation sites is 1. The minimum atomic E-state index is -3.08. The summed E-state index contributed by atoms with van der Waals surface area (Å²) in [4.78, 5) is 4.88. The van der Waals surface area contributed by atoms with E-state index in [2.05, 4.69) is 252 Å². The fraction of sp³-hybridized carbons (Fsp3) is 0.179. The van der Waals surface area contributed by atoms with Gasteiger partial charge in [0.1, 0.15) is 11.5 Å². The van der Waals surface area contributed by atoms with Crippen molar-refractivity contribution in [3.8, 4) is 23.4 Å². The second kappa shape index (κ2) is 19.5. The maximum absolute atomic E-state index is 9.92. The second-order valence-corrected chi connectivity index (χ2v) is 26.3. The molecule has 0 amide bonds. The van der Waals surface area contributed by atoms with Crippen molar-refractivity contribution in [2.45, 2.75) is 78.6 Å². The molecular weight excluding hydrogens is 1110 g/mol. The average Bonchev–Trinajstić information content (AvgIpc) is 3.98. The second-order valence-electron chi connectivity index (χ2n) is 22.5. The van der Waals surface area contributed by atoms with Crippen LogP contribution in [0, 0.1) is 23.5 Å². The third-order valence-corrected chi connectivity index (χ3v) is 19.3. The van der Waals surface area contributed by atoms with Crippen molar-refractivity contribution in [1.82, 2.24) is 18.7 Å². The van der Waals surface area contributed by atoms with Gasteiger partial charge in [-0.2, -0.15) is 17.4 Å². The van der Waals surface area contributed by atoms with Crippen LogP contribution in [0.25, 0.3) is 27.6 Å². The van der Waals surface area contributed by atoms with Crippen molar-refractivity contribution in [3.05, 3.63) is 229 Å². The smallest absolute Gasteiger partial charge is 0.509 e. The molecule has 1 aliphatic heterocycles. The summed E-state index contributed by atoms with van der Waals surface area (Å²) in [5, 5.41) is 16.9. The standard InChI is InChI=1S/C67H59N5OSi.Pt/c1-65(2,3)47-35-36-69-63(41-47)72-59-34-31-46(44-68)37-58(59)57-33-32-53(43-61(57)72)73-52-22-19-21-50(42-52)70-45-71(51-39-48(66(4,5)6)38-49(40-51)67(7,8)9)64-60(70)29-20-30-62(64)74(54-23-13-10-14-24-54,55-25-15-11-16-26-55)56-27-17-12-18-28-56;/h10-41H,1-9H3;/q;+2. The number of hydrogen-bond donors (Lipinski definition) is 0. The predicted octanol–water partition coefficient (Wildman–Crippen LogP) is 13.6. The molecule has 8 aromatic carbocycles. The van der Waals surface area contributed by atoms with Crippen LogP contribution in [0.5, 0.6) is 11.5 Å². The number of rotatable bonds is 9. The van der Waals surface area contributed by atoms with Crippen molar-refractivity contribution >= 4 is 79.4 Å². The van der Waals surface area contributed by atoms with Crippen LogP contribution in [0.2, 0.25) is 0 Å². The Morgan fingerprint density at radius 2 is 1.15 bits per heavy atom. The largest absolute Gasteiger partial charge is 2.00 e. The summed E-state index contributed by atoms with van der Waals surface area (Å²) in [6, 6.07) is 80.8. The molecule has 0 atom stereocenters. The molecule has 1 aliphatic rings. The quantitative estimate of drug-likeness (QED) is 0.0626. The summed E-state index contributed by atoms with van der Waals surface area (Å²) in [5.74, 6) is 1.83. The predicted molar refractivity (Wildman–Crippen MR) is 308 cm³/mol. The molecule has 370 valence electrons. The molecule has 3 heterocycles. The molecule has 6 nitrogen and oxygen atoms in total. The Balaban J connectivity index is 0.00000641. The summed E-state index contributed by atoms with van der Waals surface area (Å²) in [7, 11) is -3.08. The number of ether oxygens (including phenoxy) is 1. The van der Waals surface area contributed by atoms with Gasteiger partial charge in [-0.05, 0) is 88.8 Å². The van der Waals surface area contributed by atoms with E-state index >= 15 is 0 Å². The van der Waals surface area contributed by atoms with Crippen molar-refractivity contribution in [3.63, 3.8) is 0 Å². The number of benzene rings is 8. The summed E-state index contributed by atoms with van der Waals surface area (Å²) >= 11 is 0. The van der Waals surface area contributed by atoms with E-state index in [4.69, 9.17) is 9.72 Å². The normalized spacial score (nSPS) is 12.7. The first-order valence-corrected chi connectivity index (χ1v) is 27.4. The molecule has 11 rings (SSSR count). The summed E-state index contributed by atoms with van der Waals surface area (Å²) in [6.07, 6.45) is 1.87. The van der Waals surface area contributed by atoms with E-state index in [1.165, 1.54) is 31.9 Å². The first kappa shape index (κ1) is 50.8. The van der Waals surface area contributed by atoms with E-state index in [1.54, 1.807) is 0 Å². The number of fused-ring (bicyclic) bond motifs is 4. The maximum Gasteiger partial charge on any atom is 2.00 e. The molecule has 0 fully saturated rings. The number of aromatic nitrogens is 2. The van der Waals surface area contributed by atoms with Crippen LogP contribution < -0.4 is 34.6 Å². The summed E-state index contributed by atoms with van der Waals surface area (Å²) in [5.41, 5.74) is 9.59. The topological polar surface area (TPSA) is 56.9 Å². The minimum absolute atomic E-state index is 0. The minimum Gasteiger partial charge on any atom is -0.509 e. The van der Waals surface area contributed by atoms with Crippen LogP contribution in [0.1, 0.15) is 84.6 Å². The molecule has 0 radical (unpaired) electrons. The number of hydrogen-bond acceptors (Lipinski definition) is 3. The van der Waals surface area contributed by atoms with Crippen molar-refractivity contribution in [2.75, 3.05) is 0 Å². The first-order valence-electron chi connectivity index (χ1n) is 25.4. The average molecular weight is 1170 g/mol. The molecule has 2 aromatic heterocycles. The van der Waals surface area contributed by atoms with Gasteiger partial charge in [0, 0.05) is 46.6 Å². The van der Waals surface area contributed by atoms with Crippen LogP contribution in [-0.4, -0.2) is 23.6 Å². The van der Waals surface area contributed by atoms with Gasteiger partial charge in [-0.1, -0.05) is 194 Å². The van der Waals surface area contributed by atoms with Gasteiger partial charge in [0.2, 0.25) is 5.69 Å². The van der Waals surface area contributed by atoms with Gasteiger partial charge < -0.3 is 9.30 Å². The van der Waals surface area contributed by atoms with Crippen molar-refractivity contribution in [1.29, 1.82) is 5.26 Å². The van der Waals surface area contributed by atoms with Gasteiger partial charge in [0.25, 0.3) is 11.4 Å². The zero-order chi connectivity index (χ0) is 51.6. The molecule has 0 aliphatic carbocycles. The molecule has 8 heteroatoms. The van der Waals surface area contributed by atoms with Gasteiger partial charge in [-0.3, -0.25) is 0 Å². The molecule has 0 unspecified atom stereocenters. The Morgan fingerprint density at radius 1 is 0.560 bits per heavy atom. The van der Waals surface area contributed by atoms with Gasteiger partial charge in [0.15, 0.2) is 8.07 Å². The Labute approximate surface area is 456 Å². The monoisotopic (exact) mass is 1170 g/mol. The van der Waals surface area contributed by atoms with E-state index in [9.17, 15) is 5.26 Å². The van der Waals surface area contributed by atoms with E-state index in [0.29, 0.717) is 17.1 Å². The molecule has 0 saturated carbocycles. The number of nitriles is 1. The third kappa shape index (κ3) is 9.23. The van der Waals surface area contributed by atoms with Gasteiger partial charge in [-0.15, -0.1) is 23.6 Å². The van der Waals surface area contributed by atoms with Gasteiger partial charge >= 0.3 is 27.1 Å². The molecule has 0 N–H and O–H groups in total. The molecule has 0 saturated heterocycles. The summed E-state index contributed by atoms with van der Waals surface area (Å²) < 4.78 is 13.4. The van der Waals surface area contributed by atoms with E-state index in [-0.39, 0.29) is 37.3 Å². The molecule has 10 aromatic rings. The summed E-state index contributed by atoms with van der Waals surface area (Å²) in [6.45, 7) is 20.4. The molecular formula is C67H59N5OPtSi+2. The van der Waals surface area contributed by atoms with E-state index in [0.717, 1.165) is 55.9 Å². The number of nitrogens with zero attached hydrogens (tertiary/aromatic N) is 5. The van der Waals surface area contributed by atoms with Crippen LogP contribution in [-0.2, 0) is 37.3 Å². The fourth-order valence-electron chi connectivity index (χ4n) is 10.5. The van der Waals surface area contributed by atoms with Crippen molar-refractivity contribution < 1.29 is 25.8 Å². The van der Waals surface area contributed by atoms with Crippen LogP contribution in [0.3, 0.4) is 0 Å². The van der Waals surface area contributed by atoms with Crippen molar-refractivity contribution in [2.24, 2.45) is 0 Å². The Kier molecular flexibility index (Phi) is 13.2. The Morgan fingerprint density at radius 3 is 1.73 bits per heavy atom. The van der Waals surface area contributed by atoms with E-state index < -0.39 is 8.07 Å². The molecule has 0 spiro atoms. The first-order chi connectivity index (χ1) is 35.5. The third-order valence-electron chi connectivity index (χ3n) is 14.4. The Hall–Kier alpha value is -7.71. The SMILES string of the molecule is CC(C)(C)c1cc([N+]2=C=[N+](c3[c-]c(Oc4[c-]c5c(cc4)c4cc(C#N)ccc4n5-c4cc(C(C)(C)C)ccn4)ccc3)c3cccc([Si](c4ccccc4)(c4ccccc4)c4ccccc4)c32)cc(C(C)(C)C)c1.[Pt+2]. The maximum atomic E-state index is 9.92. The van der Waals surface area contributed by atoms with Gasteiger partial charge in [-0.25, -0.2) is 4.98 Å². The molecule has 75 heavy (non-hydrogen) atoms. The van der Waals surface area contributed by atoms with Crippen LogP contribution in [0.4, 0.5) is 22.7 Å². The number of pyridine rings is 1. The fourth-order valence-corrected chi connectivity index (χ4v) is 15.5. The van der Waals surface area contributed by atoms with Crippen LogP contribution in [0.15, 0.2) is 194 Å². The van der Waals surface area contributed by atoms with Crippen LogP contribution >= 0.6 is 0 Å². The van der Waals surface area contributed by atoms with Gasteiger partial charge in [0.05, 0.1) is 11.6 Å². The zero-order valence-electron chi connectivity index (χ0n) is 43.9.